The van der Waals surface area contributed by atoms with Crippen LogP contribution in [0.2, 0.25) is 0 Å². The maximum Gasteiger partial charge on any atom is 0.410 e. The number of carbonyl (C=O) groups excluding carboxylic acids is 2. The van der Waals surface area contributed by atoms with Crippen molar-refractivity contribution in [3.05, 3.63) is 53.2 Å². The quantitative estimate of drug-likeness (QED) is 0.738. The van der Waals surface area contributed by atoms with E-state index < -0.39 is 11.6 Å². The van der Waals surface area contributed by atoms with Crippen LogP contribution in [0.4, 0.5) is 4.79 Å². The van der Waals surface area contributed by atoms with Crippen molar-refractivity contribution < 1.29 is 19.1 Å². The van der Waals surface area contributed by atoms with Crippen LogP contribution in [0.1, 0.15) is 42.3 Å². The molecular weight excluding hydrogens is 356 g/mol. The van der Waals surface area contributed by atoms with Gasteiger partial charge in [-0.2, -0.15) is 0 Å². The summed E-state index contributed by atoms with van der Waals surface area (Å²) in [5, 5.41) is 0. The SMILES string of the molecule is COC(=O)c1ccc(-c2ccc3c(c2)CCN(C(=O)OC(C)(C)C)CC3)nc1. The lowest BCUT2D eigenvalue weighted by atomic mass is 9.98. The lowest BCUT2D eigenvalue weighted by Gasteiger charge is -2.26. The van der Waals surface area contributed by atoms with Crippen molar-refractivity contribution in [3.8, 4) is 11.3 Å². The van der Waals surface area contributed by atoms with Gasteiger partial charge in [0, 0.05) is 24.8 Å². The summed E-state index contributed by atoms with van der Waals surface area (Å²) in [7, 11) is 1.35. The van der Waals surface area contributed by atoms with Gasteiger partial charge in [0.15, 0.2) is 0 Å². The summed E-state index contributed by atoms with van der Waals surface area (Å²) in [6.07, 6.45) is 2.82. The number of esters is 1. The maximum absolute atomic E-state index is 12.4. The first-order valence-corrected chi connectivity index (χ1v) is 9.41. The zero-order chi connectivity index (χ0) is 20.3. The molecule has 6 nitrogen and oxygen atoms in total. The number of carbonyl (C=O) groups is 2. The number of fused-ring (bicyclic) bond motifs is 1. The number of hydrogen-bond acceptors (Lipinski definition) is 5. The van der Waals surface area contributed by atoms with E-state index in [-0.39, 0.29) is 6.09 Å². The van der Waals surface area contributed by atoms with Crippen molar-refractivity contribution in [1.29, 1.82) is 0 Å². The minimum Gasteiger partial charge on any atom is -0.465 e. The van der Waals surface area contributed by atoms with Gasteiger partial charge in [-0.15, -0.1) is 0 Å². The highest BCUT2D eigenvalue weighted by atomic mass is 16.6. The molecule has 0 radical (unpaired) electrons. The second kappa shape index (κ2) is 8.00. The largest absolute Gasteiger partial charge is 0.465 e. The van der Waals surface area contributed by atoms with Crippen molar-refractivity contribution in [1.82, 2.24) is 9.88 Å². The standard InChI is InChI=1S/C22H26N2O4/c1-22(2,3)28-21(26)24-11-9-15-5-6-17(13-16(15)10-12-24)19-8-7-18(14-23-19)20(25)27-4/h5-8,13-14H,9-12H2,1-4H3. The van der Waals surface area contributed by atoms with E-state index in [1.165, 1.54) is 24.4 Å². The van der Waals surface area contributed by atoms with Gasteiger partial charge in [0.05, 0.1) is 18.4 Å². The Labute approximate surface area is 165 Å². The molecule has 1 aromatic heterocycles. The average Bonchev–Trinajstić information content (AvgIpc) is 2.88. The minimum absolute atomic E-state index is 0.263. The normalized spacial score (nSPS) is 14.1. The molecule has 0 atom stereocenters. The van der Waals surface area contributed by atoms with Gasteiger partial charge in [-0.1, -0.05) is 12.1 Å². The number of benzene rings is 1. The fraction of sp³-hybridized carbons (Fsp3) is 0.409. The molecule has 1 amide bonds. The third-order valence-corrected chi connectivity index (χ3v) is 4.64. The highest BCUT2D eigenvalue weighted by Crippen LogP contribution is 2.24. The molecule has 148 valence electrons. The van der Waals surface area contributed by atoms with Crippen LogP contribution in [0.25, 0.3) is 11.3 Å². The predicted molar refractivity (Wildman–Crippen MR) is 106 cm³/mol. The topological polar surface area (TPSA) is 68.7 Å². The van der Waals surface area contributed by atoms with E-state index >= 15 is 0 Å². The fourth-order valence-corrected chi connectivity index (χ4v) is 3.20. The van der Waals surface area contributed by atoms with Crippen molar-refractivity contribution in [3.63, 3.8) is 0 Å². The van der Waals surface area contributed by atoms with Gasteiger partial charge in [-0.05, 0) is 62.9 Å². The molecule has 1 aliphatic rings. The number of amides is 1. The van der Waals surface area contributed by atoms with Crippen LogP contribution >= 0.6 is 0 Å². The number of pyridine rings is 1. The second-order valence-corrected chi connectivity index (χ2v) is 7.87. The minimum atomic E-state index is -0.495. The van der Waals surface area contributed by atoms with Crippen molar-refractivity contribution in [2.24, 2.45) is 0 Å². The van der Waals surface area contributed by atoms with Gasteiger partial charge >= 0.3 is 12.1 Å². The van der Waals surface area contributed by atoms with Crippen molar-refractivity contribution >= 4 is 12.1 Å². The van der Waals surface area contributed by atoms with Crippen LogP contribution < -0.4 is 0 Å². The first kappa shape index (κ1) is 19.9. The fourth-order valence-electron chi connectivity index (χ4n) is 3.20. The van der Waals surface area contributed by atoms with E-state index in [9.17, 15) is 9.59 Å². The first-order valence-electron chi connectivity index (χ1n) is 9.41. The molecule has 0 bridgehead atoms. The molecule has 1 aromatic carbocycles. The average molecular weight is 382 g/mol. The third-order valence-electron chi connectivity index (χ3n) is 4.64. The van der Waals surface area contributed by atoms with E-state index in [1.807, 2.05) is 32.9 Å². The Morgan fingerprint density at radius 2 is 1.75 bits per heavy atom. The Balaban J connectivity index is 1.75. The summed E-state index contributed by atoms with van der Waals surface area (Å²) < 4.78 is 10.2. The van der Waals surface area contributed by atoms with E-state index in [4.69, 9.17) is 9.47 Å². The van der Waals surface area contributed by atoms with Crippen LogP contribution in [0, 0.1) is 0 Å². The molecule has 0 unspecified atom stereocenters. The summed E-state index contributed by atoms with van der Waals surface area (Å²) >= 11 is 0. The van der Waals surface area contributed by atoms with Crippen LogP contribution in [0.15, 0.2) is 36.5 Å². The lowest BCUT2D eigenvalue weighted by molar-refractivity contribution is 0.0258. The number of ether oxygens (including phenoxy) is 2. The number of hydrogen-bond donors (Lipinski definition) is 0. The van der Waals surface area contributed by atoms with Crippen LogP contribution in [-0.4, -0.2) is 47.7 Å². The molecule has 1 aliphatic heterocycles. The van der Waals surface area contributed by atoms with E-state index in [2.05, 4.69) is 17.1 Å². The van der Waals surface area contributed by atoms with Gasteiger partial charge in [-0.3, -0.25) is 4.98 Å². The van der Waals surface area contributed by atoms with Gasteiger partial charge in [0.1, 0.15) is 5.60 Å². The molecule has 0 saturated heterocycles. The predicted octanol–water partition coefficient (Wildman–Crippen LogP) is 3.87. The Bertz CT molecular complexity index is 869. The molecule has 3 rings (SSSR count). The van der Waals surface area contributed by atoms with E-state index in [0.29, 0.717) is 18.7 Å². The summed E-state index contributed by atoms with van der Waals surface area (Å²) in [6.45, 7) is 6.90. The molecule has 0 saturated carbocycles. The Kier molecular flexibility index (Phi) is 5.68. The molecular formula is C22H26N2O4. The third kappa shape index (κ3) is 4.68. The zero-order valence-corrected chi connectivity index (χ0v) is 16.8. The highest BCUT2D eigenvalue weighted by molar-refractivity contribution is 5.89. The number of aromatic nitrogens is 1. The summed E-state index contributed by atoms with van der Waals surface area (Å²) in [5.41, 5.74) is 4.16. The van der Waals surface area contributed by atoms with Crippen molar-refractivity contribution in [2.75, 3.05) is 20.2 Å². The first-order chi connectivity index (χ1) is 13.3. The summed E-state index contributed by atoms with van der Waals surface area (Å²) in [6, 6.07) is 9.77. The molecule has 2 aromatic rings. The molecule has 28 heavy (non-hydrogen) atoms. The second-order valence-electron chi connectivity index (χ2n) is 7.87. The molecule has 2 heterocycles. The van der Waals surface area contributed by atoms with Gasteiger partial charge in [0.25, 0.3) is 0 Å². The van der Waals surface area contributed by atoms with Crippen LogP contribution in [0.3, 0.4) is 0 Å². The number of nitrogens with zero attached hydrogens (tertiary/aromatic N) is 2. The number of methoxy groups -OCH3 is 1. The zero-order valence-electron chi connectivity index (χ0n) is 16.8. The smallest absolute Gasteiger partial charge is 0.410 e. The van der Waals surface area contributed by atoms with E-state index in [0.717, 1.165) is 24.1 Å². The maximum atomic E-state index is 12.4. The molecule has 0 spiro atoms. The number of rotatable bonds is 2. The van der Waals surface area contributed by atoms with Crippen LogP contribution in [-0.2, 0) is 22.3 Å². The summed E-state index contributed by atoms with van der Waals surface area (Å²) in [5.74, 6) is -0.400. The Hall–Kier alpha value is -2.89. The van der Waals surface area contributed by atoms with Gasteiger partial charge < -0.3 is 14.4 Å². The Morgan fingerprint density at radius 1 is 1.04 bits per heavy atom. The Morgan fingerprint density at radius 3 is 2.36 bits per heavy atom. The van der Waals surface area contributed by atoms with E-state index in [1.54, 1.807) is 11.0 Å². The molecule has 0 N–H and O–H groups in total. The molecule has 0 aliphatic carbocycles. The lowest BCUT2D eigenvalue weighted by Crippen LogP contribution is -2.38. The van der Waals surface area contributed by atoms with Crippen LogP contribution in [0.5, 0.6) is 0 Å². The van der Waals surface area contributed by atoms with Crippen molar-refractivity contribution in [2.45, 2.75) is 39.2 Å². The van der Waals surface area contributed by atoms with Gasteiger partial charge in [0.2, 0.25) is 0 Å². The molecule has 0 fully saturated rings. The molecule has 6 heteroatoms. The summed E-state index contributed by atoms with van der Waals surface area (Å²) in [4.78, 5) is 30.1. The monoisotopic (exact) mass is 382 g/mol. The highest BCUT2D eigenvalue weighted by Gasteiger charge is 2.24. The van der Waals surface area contributed by atoms with Gasteiger partial charge in [-0.25, -0.2) is 9.59 Å².